The number of amides is 1. The van der Waals surface area contributed by atoms with E-state index >= 15 is 0 Å². The van der Waals surface area contributed by atoms with E-state index in [4.69, 9.17) is 19.6 Å². The number of thioether (sulfide) groups is 1. The van der Waals surface area contributed by atoms with Gasteiger partial charge in [-0.25, -0.2) is 5.01 Å². The predicted octanol–water partition coefficient (Wildman–Crippen LogP) is 2.46. The molecule has 2 aromatic rings. The summed E-state index contributed by atoms with van der Waals surface area (Å²) >= 11 is 5.02. The molecule has 0 aromatic heterocycles. The molecule has 0 aliphatic carbocycles. The van der Waals surface area contributed by atoms with Gasteiger partial charge in [0.25, 0.3) is 5.91 Å². The number of nitrogens with zero attached hydrogens (tertiary/aromatic N) is 3. The largest absolute Gasteiger partial charge is 0.454 e. The Morgan fingerprint density at radius 3 is 2.97 bits per heavy atom. The van der Waals surface area contributed by atoms with Crippen LogP contribution in [-0.4, -0.2) is 28.6 Å². The highest BCUT2D eigenvalue weighted by molar-refractivity contribution is 9.10. The van der Waals surface area contributed by atoms with E-state index < -0.39 is 6.17 Å². The van der Waals surface area contributed by atoms with Crippen LogP contribution in [0.1, 0.15) is 25.1 Å². The number of carbonyl (C=O) groups excluding carboxylic acids is 1. The van der Waals surface area contributed by atoms with Crippen molar-refractivity contribution >= 4 is 44.5 Å². The maximum Gasteiger partial charge on any atom is 0.276 e. The Hall–Kier alpha value is -2.52. The SMILES string of the molecule is CCCSC1=NN2C(=c3cc(Br)ccc3=N[C@@H]2c2ccc3c(c2)OCO3)C(=O)N1. The van der Waals surface area contributed by atoms with Gasteiger partial charge < -0.3 is 9.47 Å². The van der Waals surface area contributed by atoms with Crippen LogP contribution < -0.4 is 25.4 Å². The molecule has 29 heavy (non-hydrogen) atoms. The second-order valence-electron chi connectivity index (χ2n) is 6.68. The van der Waals surface area contributed by atoms with Gasteiger partial charge in [0, 0.05) is 21.0 Å². The third kappa shape index (κ3) is 3.28. The summed E-state index contributed by atoms with van der Waals surface area (Å²) < 4.78 is 11.8. The minimum atomic E-state index is -0.476. The Balaban J connectivity index is 1.68. The van der Waals surface area contributed by atoms with Crippen molar-refractivity contribution in [3.8, 4) is 11.5 Å². The maximum absolute atomic E-state index is 13.1. The van der Waals surface area contributed by atoms with Crippen LogP contribution in [-0.2, 0) is 4.79 Å². The van der Waals surface area contributed by atoms with Gasteiger partial charge in [0.2, 0.25) is 6.79 Å². The number of benzene rings is 2. The Labute approximate surface area is 179 Å². The van der Waals surface area contributed by atoms with Crippen LogP contribution in [0.15, 0.2) is 51.0 Å². The van der Waals surface area contributed by atoms with Crippen molar-refractivity contribution in [2.24, 2.45) is 10.1 Å². The first-order valence-electron chi connectivity index (χ1n) is 9.23. The lowest BCUT2D eigenvalue weighted by molar-refractivity contribution is -0.116. The van der Waals surface area contributed by atoms with Crippen LogP contribution in [0.3, 0.4) is 0 Å². The molecular formula is C20H17BrN4O3S. The first-order valence-corrected chi connectivity index (χ1v) is 11.0. The molecule has 3 heterocycles. The van der Waals surface area contributed by atoms with Gasteiger partial charge in [0.1, 0.15) is 5.70 Å². The first-order chi connectivity index (χ1) is 14.1. The zero-order valence-corrected chi connectivity index (χ0v) is 17.9. The number of carbonyl (C=O) groups is 1. The van der Waals surface area contributed by atoms with E-state index in [1.807, 2.05) is 36.4 Å². The molecule has 0 radical (unpaired) electrons. The van der Waals surface area contributed by atoms with E-state index in [0.29, 0.717) is 22.4 Å². The normalized spacial score (nSPS) is 19.2. The molecule has 7 nitrogen and oxygen atoms in total. The fraction of sp³-hybridized carbons (Fsp3) is 0.250. The van der Waals surface area contributed by atoms with Crippen LogP contribution in [0.25, 0.3) is 5.70 Å². The molecule has 0 spiro atoms. The number of rotatable bonds is 3. The lowest BCUT2D eigenvalue weighted by atomic mass is 10.1. The Bertz CT molecular complexity index is 1170. The zero-order chi connectivity index (χ0) is 20.0. The molecule has 1 atom stereocenters. The molecule has 0 fully saturated rings. The highest BCUT2D eigenvalue weighted by Crippen LogP contribution is 2.38. The second kappa shape index (κ2) is 7.38. The lowest BCUT2D eigenvalue weighted by Crippen LogP contribution is -2.50. The van der Waals surface area contributed by atoms with Crippen molar-refractivity contribution < 1.29 is 14.3 Å². The van der Waals surface area contributed by atoms with E-state index in [9.17, 15) is 4.79 Å². The van der Waals surface area contributed by atoms with Crippen molar-refractivity contribution in [3.63, 3.8) is 0 Å². The summed E-state index contributed by atoms with van der Waals surface area (Å²) in [5.74, 6) is 2.07. The number of fused-ring (bicyclic) bond motifs is 3. The number of amidine groups is 1. The van der Waals surface area contributed by atoms with Gasteiger partial charge in [-0.15, -0.1) is 5.10 Å². The van der Waals surface area contributed by atoms with Crippen LogP contribution in [0.2, 0.25) is 0 Å². The predicted molar refractivity (Wildman–Crippen MR) is 114 cm³/mol. The van der Waals surface area contributed by atoms with Crippen molar-refractivity contribution in [2.45, 2.75) is 19.5 Å². The van der Waals surface area contributed by atoms with Gasteiger partial charge in [-0.2, -0.15) is 0 Å². The summed E-state index contributed by atoms with van der Waals surface area (Å²) in [5, 5.41) is 11.4. The summed E-state index contributed by atoms with van der Waals surface area (Å²) in [6.07, 6.45) is 0.512. The maximum atomic E-state index is 13.1. The van der Waals surface area contributed by atoms with Crippen LogP contribution in [0.5, 0.6) is 11.5 Å². The second-order valence-corrected chi connectivity index (χ2v) is 8.68. The minimum absolute atomic E-state index is 0.182. The molecule has 0 saturated carbocycles. The molecule has 9 heteroatoms. The molecule has 1 N–H and O–H groups in total. The fourth-order valence-corrected chi connectivity index (χ4v) is 4.48. The number of hydrazone groups is 1. The Kier molecular flexibility index (Phi) is 4.71. The van der Waals surface area contributed by atoms with E-state index in [0.717, 1.165) is 32.8 Å². The van der Waals surface area contributed by atoms with Gasteiger partial charge in [0.05, 0.1) is 5.36 Å². The number of halogens is 1. The molecule has 3 aliphatic rings. The smallest absolute Gasteiger partial charge is 0.276 e. The number of hydrogen-bond acceptors (Lipinski definition) is 7. The Morgan fingerprint density at radius 2 is 2.10 bits per heavy atom. The third-order valence-corrected chi connectivity index (χ3v) is 6.27. The summed E-state index contributed by atoms with van der Waals surface area (Å²) in [6, 6.07) is 11.4. The Morgan fingerprint density at radius 1 is 1.24 bits per heavy atom. The van der Waals surface area contributed by atoms with Crippen LogP contribution >= 0.6 is 27.7 Å². The summed E-state index contributed by atoms with van der Waals surface area (Å²) in [5.41, 5.74) is 1.36. The zero-order valence-electron chi connectivity index (χ0n) is 15.5. The standard InChI is InChI=1S/C20H17BrN4O3S/c1-2-7-29-20-23-19(26)17-13-9-12(21)4-5-14(13)22-18(25(17)24-20)11-3-6-15-16(8-11)28-10-27-15/h3-6,8-9,18H,2,7,10H2,1H3,(H,23,24,26)/t18-/m0/s1. The molecule has 1 amide bonds. The topological polar surface area (TPSA) is 75.5 Å². The van der Waals surface area contributed by atoms with Gasteiger partial charge in [0.15, 0.2) is 22.8 Å². The molecule has 5 rings (SSSR count). The van der Waals surface area contributed by atoms with Crippen molar-refractivity contribution in [1.29, 1.82) is 0 Å². The first kappa shape index (κ1) is 18.5. The molecule has 2 aromatic carbocycles. The van der Waals surface area contributed by atoms with E-state index in [1.54, 1.807) is 5.01 Å². The van der Waals surface area contributed by atoms with Gasteiger partial charge in [-0.1, -0.05) is 40.7 Å². The highest BCUT2D eigenvalue weighted by Gasteiger charge is 2.35. The minimum Gasteiger partial charge on any atom is -0.454 e. The van der Waals surface area contributed by atoms with Gasteiger partial charge in [-0.3, -0.25) is 15.1 Å². The van der Waals surface area contributed by atoms with Crippen LogP contribution in [0.4, 0.5) is 0 Å². The van der Waals surface area contributed by atoms with Crippen molar-refractivity contribution in [2.75, 3.05) is 12.5 Å². The third-order valence-electron chi connectivity index (χ3n) is 4.71. The van der Waals surface area contributed by atoms with Gasteiger partial charge >= 0.3 is 0 Å². The summed E-state index contributed by atoms with van der Waals surface area (Å²) in [6.45, 7) is 2.30. The monoisotopic (exact) mass is 472 g/mol. The highest BCUT2D eigenvalue weighted by atomic mass is 79.9. The summed E-state index contributed by atoms with van der Waals surface area (Å²) in [7, 11) is 0. The number of ether oxygens (including phenoxy) is 2. The number of hydrogen-bond donors (Lipinski definition) is 1. The average Bonchev–Trinajstić information content (AvgIpc) is 3.19. The lowest BCUT2D eigenvalue weighted by Gasteiger charge is -2.34. The van der Waals surface area contributed by atoms with Crippen molar-refractivity contribution in [3.05, 3.63) is 57.0 Å². The fourth-order valence-electron chi connectivity index (χ4n) is 3.41. The van der Waals surface area contributed by atoms with E-state index in [2.05, 4.69) is 28.2 Å². The van der Waals surface area contributed by atoms with E-state index in [-0.39, 0.29) is 12.7 Å². The average molecular weight is 473 g/mol. The molecular weight excluding hydrogens is 456 g/mol. The number of nitrogens with one attached hydrogen (secondary N) is 1. The van der Waals surface area contributed by atoms with Crippen molar-refractivity contribution in [1.82, 2.24) is 10.3 Å². The van der Waals surface area contributed by atoms with Crippen LogP contribution in [0, 0.1) is 0 Å². The molecule has 0 unspecified atom stereocenters. The molecule has 0 bridgehead atoms. The van der Waals surface area contributed by atoms with E-state index in [1.165, 1.54) is 11.8 Å². The molecule has 3 aliphatic heterocycles. The summed E-state index contributed by atoms with van der Waals surface area (Å²) in [4.78, 5) is 18.0. The molecule has 148 valence electrons. The quantitative estimate of drug-likeness (QED) is 0.742. The van der Waals surface area contributed by atoms with Gasteiger partial charge in [-0.05, 0) is 36.8 Å². The molecule has 0 saturated heterocycles.